The van der Waals surface area contributed by atoms with E-state index >= 15 is 0 Å². The van der Waals surface area contributed by atoms with Gasteiger partial charge in [0.1, 0.15) is 0 Å². The number of benzene rings is 2. The summed E-state index contributed by atoms with van der Waals surface area (Å²) < 4.78 is 7.08. The largest absolute Gasteiger partial charge is 0.462 e. The Hall–Kier alpha value is -4.27. The van der Waals surface area contributed by atoms with E-state index in [2.05, 4.69) is 10.5 Å². The van der Waals surface area contributed by atoms with Crippen LogP contribution in [0.15, 0.2) is 59.7 Å². The summed E-state index contributed by atoms with van der Waals surface area (Å²) in [6.07, 6.45) is 1.49. The fourth-order valence-corrected chi connectivity index (χ4v) is 3.32. The second-order valence-corrected chi connectivity index (χ2v) is 6.91. The minimum atomic E-state index is -0.566. The van der Waals surface area contributed by atoms with E-state index < -0.39 is 16.8 Å². The Balaban J connectivity index is 1.84. The van der Waals surface area contributed by atoms with E-state index in [4.69, 9.17) is 4.74 Å². The van der Waals surface area contributed by atoms with Crippen LogP contribution in [-0.2, 0) is 4.74 Å². The Bertz CT molecular complexity index is 1210. The number of para-hydroxylation sites is 1. The number of carbonyl (C=O) groups is 2. The number of nitrogens with one attached hydrogen (secondary N) is 1. The molecule has 164 valence electrons. The predicted molar refractivity (Wildman–Crippen MR) is 119 cm³/mol. The highest BCUT2D eigenvalue weighted by Gasteiger charge is 2.17. The molecule has 0 radical (unpaired) electrons. The molecule has 0 saturated heterocycles. The average Bonchev–Trinajstić information content (AvgIpc) is 3.06. The lowest BCUT2D eigenvalue weighted by atomic mass is 10.1. The van der Waals surface area contributed by atoms with Gasteiger partial charge in [0.25, 0.3) is 11.6 Å². The van der Waals surface area contributed by atoms with Crippen LogP contribution in [0.2, 0.25) is 0 Å². The molecule has 3 rings (SSSR count). The molecular weight excluding hydrogens is 412 g/mol. The van der Waals surface area contributed by atoms with Gasteiger partial charge in [-0.25, -0.2) is 10.2 Å². The average molecular weight is 434 g/mol. The summed E-state index contributed by atoms with van der Waals surface area (Å²) in [4.78, 5) is 34.9. The zero-order valence-corrected chi connectivity index (χ0v) is 17.9. The minimum absolute atomic E-state index is 0.130. The summed E-state index contributed by atoms with van der Waals surface area (Å²) >= 11 is 0. The number of hydrazone groups is 1. The number of ether oxygens (including phenoxy) is 1. The number of nitro groups is 1. The number of nitrogens with zero attached hydrogens (tertiary/aromatic N) is 3. The van der Waals surface area contributed by atoms with Crippen molar-refractivity contribution in [2.24, 2.45) is 5.10 Å². The van der Waals surface area contributed by atoms with Crippen LogP contribution < -0.4 is 5.43 Å². The van der Waals surface area contributed by atoms with E-state index in [9.17, 15) is 19.7 Å². The number of esters is 1. The van der Waals surface area contributed by atoms with Gasteiger partial charge in [-0.15, -0.1) is 0 Å². The second-order valence-electron chi connectivity index (χ2n) is 6.91. The number of non-ortho nitro benzene ring substituents is 1. The number of rotatable bonds is 7. The van der Waals surface area contributed by atoms with Gasteiger partial charge in [-0.2, -0.15) is 5.10 Å². The van der Waals surface area contributed by atoms with E-state index in [-0.39, 0.29) is 17.9 Å². The van der Waals surface area contributed by atoms with Gasteiger partial charge in [0.2, 0.25) is 0 Å². The van der Waals surface area contributed by atoms with Crippen molar-refractivity contribution >= 4 is 23.8 Å². The minimum Gasteiger partial charge on any atom is -0.462 e. The summed E-state index contributed by atoms with van der Waals surface area (Å²) in [5, 5.41) is 14.9. The van der Waals surface area contributed by atoms with Gasteiger partial charge in [-0.1, -0.05) is 18.2 Å². The van der Waals surface area contributed by atoms with Crippen molar-refractivity contribution < 1.29 is 19.2 Å². The van der Waals surface area contributed by atoms with E-state index in [1.165, 1.54) is 30.5 Å². The van der Waals surface area contributed by atoms with Crippen LogP contribution in [0.25, 0.3) is 5.69 Å². The Labute approximate surface area is 184 Å². The summed E-state index contributed by atoms with van der Waals surface area (Å²) in [6, 6.07) is 14.4. The molecule has 2 aromatic carbocycles. The van der Waals surface area contributed by atoms with Crippen LogP contribution in [-0.4, -0.2) is 34.2 Å². The van der Waals surface area contributed by atoms with E-state index in [1.54, 1.807) is 19.1 Å². The van der Waals surface area contributed by atoms with Gasteiger partial charge < -0.3 is 9.30 Å². The highest BCUT2D eigenvalue weighted by atomic mass is 16.6. The second kappa shape index (κ2) is 9.69. The van der Waals surface area contributed by atoms with Gasteiger partial charge in [-0.05, 0) is 45.0 Å². The topological polar surface area (TPSA) is 116 Å². The fraction of sp³-hybridized carbons (Fsp3) is 0.174. The van der Waals surface area contributed by atoms with Crippen LogP contribution >= 0.6 is 0 Å². The van der Waals surface area contributed by atoms with Crippen LogP contribution in [0.5, 0.6) is 0 Å². The van der Waals surface area contributed by atoms with Gasteiger partial charge >= 0.3 is 5.97 Å². The first-order valence-corrected chi connectivity index (χ1v) is 9.86. The van der Waals surface area contributed by atoms with Crippen molar-refractivity contribution in [1.82, 2.24) is 9.99 Å². The lowest BCUT2D eigenvalue weighted by Crippen LogP contribution is -2.17. The Morgan fingerprint density at radius 1 is 1.16 bits per heavy atom. The normalized spacial score (nSPS) is 10.8. The number of aromatic nitrogens is 1. The molecule has 1 amide bonds. The highest BCUT2D eigenvalue weighted by molar-refractivity contribution is 5.96. The molecule has 1 aromatic heterocycles. The molecule has 9 heteroatoms. The Kier molecular flexibility index (Phi) is 6.79. The van der Waals surface area contributed by atoms with E-state index in [1.807, 2.05) is 36.6 Å². The highest BCUT2D eigenvalue weighted by Crippen LogP contribution is 2.23. The molecule has 0 bridgehead atoms. The number of hydrogen-bond acceptors (Lipinski definition) is 6. The van der Waals surface area contributed by atoms with Crippen molar-refractivity contribution in [2.75, 3.05) is 6.61 Å². The molecule has 32 heavy (non-hydrogen) atoms. The van der Waals surface area contributed by atoms with Gasteiger partial charge in [0, 0.05) is 34.6 Å². The molecule has 3 aromatic rings. The predicted octanol–water partition coefficient (Wildman–Crippen LogP) is 3.94. The summed E-state index contributed by atoms with van der Waals surface area (Å²) in [7, 11) is 0. The molecule has 1 heterocycles. The van der Waals surface area contributed by atoms with Gasteiger partial charge in [0.15, 0.2) is 0 Å². The first-order chi connectivity index (χ1) is 15.3. The molecule has 0 saturated carbocycles. The van der Waals surface area contributed by atoms with Gasteiger partial charge in [0.05, 0.1) is 29.0 Å². The molecular formula is C23H22N4O5. The van der Waals surface area contributed by atoms with Crippen LogP contribution in [0.1, 0.15) is 44.6 Å². The molecule has 0 fully saturated rings. The SMILES string of the molecule is CCOC(=O)c1ccccc1-n1c(C)cc(/C=N\NC(=O)c2cccc([N+](=O)[O-])c2)c1C. The van der Waals surface area contributed by atoms with E-state index in [0.29, 0.717) is 11.3 Å². The third-order valence-corrected chi connectivity index (χ3v) is 4.80. The molecule has 9 nitrogen and oxygen atoms in total. The first kappa shape index (κ1) is 22.4. The maximum Gasteiger partial charge on any atom is 0.340 e. The molecule has 0 aliphatic heterocycles. The fourth-order valence-electron chi connectivity index (χ4n) is 3.32. The quantitative estimate of drug-likeness (QED) is 0.262. The maximum atomic E-state index is 12.4. The molecule has 0 aliphatic rings. The van der Waals surface area contributed by atoms with Crippen LogP contribution in [0.4, 0.5) is 5.69 Å². The zero-order chi connectivity index (χ0) is 23.3. The lowest BCUT2D eigenvalue weighted by Gasteiger charge is -2.14. The van der Waals surface area contributed by atoms with Gasteiger partial charge in [-0.3, -0.25) is 14.9 Å². The summed E-state index contributed by atoms with van der Waals surface area (Å²) in [5.41, 5.74) is 5.87. The third kappa shape index (κ3) is 4.72. The Morgan fingerprint density at radius 2 is 1.91 bits per heavy atom. The summed E-state index contributed by atoms with van der Waals surface area (Å²) in [5.74, 6) is -0.971. The standard InChI is InChI=1S/C23H22N4O5/c1-4-32-23(29)20-10-5-6-11-21(20)26-15(2)12-18(16(26)3)14-24-25-22(28)17-8-7-9-19(13-17)27(30)31/h5-14H,4H2,1-3H3,(H,25,28)/b24-14-. The molecule has 1 N–H and O–H groups in total. The number of aryl methyl sites for hydroxylation is 1. The van der Waals surface area contributed by atoms with Crippen molar-refractivity contribution in [3.8, 4) is 5.69 Å². The Morgan fingerprint density at radius 3 is 2.62 bits per heavy atom. The van der Waals surface area contributed by atoms with Crippen molar-refractivity contribution in [1.29, 1.82) is 0 Å². The van der Waals surface area contributed by atoms with Crippen molar-refractivity contribution in [3.05, 3.63) is 92.8 Å². The third-order valence-electron chi connectivity index (χ3n) is 4.80. The lowest BCUT2D eigenvalue weighted by molar-refractivity contribution is -0.384. The van der Waals surface area contributed by atoms with Crippen molar-refractivity contribution in [2.45, 2.75) is 20.8 Å². The maximum absolute atomic E-state index is 12.4. The van der Waals surface area contributed by atoms with Crippen molar-refractivity contribution in [3.63, 3.8) is 0 Å². The van der Waals surface area contributed by atoms with E-state index in [0.717, 1.165) is 17.0 Å². The monoisotopic (exact) mass is 434 g/mol. The summed E-state index contributed by atoms with van der Waals surface area (Å²) in [6.45, 7) is 5.80. The molecule has 0 atom stereocenters. The number of hydrogen-bond donors (Lipinski definition) is 1. The van der Waals surface area contributed by atoms with Crippen LogP contribution in [0.3, 0.4) is 0 Å². The zero-order valence-electron chi connectivity index (χ0n) is 17.9. The smallest absolute Gasteiger partial charge is 0.340 e. The number of carbonyl (C=O) groups excluding carboxylic acids is 2. The molecule has 0 spiro atoms. The first-order valence-electron chi connectivity index (χ1n) is 9.86. The van der Waals surface area contributed by atoms with Crippen LogP contribution in [0, 0.1) is 24.0 Å². The molecule has 0 unspecified atom stereocenters. The molecule has 0 aliphatic carbocycles. The number of amides is 1. The number of nitro benzene ring substituents is 1.